The highest BCUT2D eigenvalue weighted by atomic mass is 16.2. The number of likely N-dealkylation sites (tertiary alicyclic amines) is 1. The highest BCUT2D eigenvalue weighted by molar-refractivity contribution is 5.96. The Balaban J connectivity index is 1.43. The molecule has 0 aliphatic carbocycles. The number of aryl methyl sites for hydroxylation is 1. The molecule has 29 heavy (non-hydrogen) atoms. The predicted molar refractivity (Wildman–Crippen MR) is 110 cm³/mol. The molecule has 2 aromatic heterocycles. The highest BCUT2D eigenvalue weighted by Gasteiger charge is 2.30. The van der Waals surface area contributed by atoms with Crippen molar-refractivity contribution in [3.8, 4) is 11.3 Å². The molecule has 1 aliphatic heterocycles. The Labute approximate surface area is 169 Å². The molecule has 148 valence electrons. The van der Waals surface area contributed by atoms with Crippen molar-refractivity contribution in [1.29, 1.82) is 0 Å². The molecule has 1 unspecified atom stereocenters. The minimum atomic E-state index is -0.229. The first-order chi connectivity index (χ1) is 14.1. The molecule has 0 saturated carbocycles. The van der Waals surface area contributed by atoms with E-state index in [9.17, 15) is 9.59 Å². The first kappa shape index (κ1) is 18.9. The summed E-state index contributed by atoms with van der Waals surface area (Å²) in [5, 5.41) is 10.1. The van der Waals surface area contributed by atoms with Crippen LogP contribution in [0.2, 0.25) is 0 Å². The van der Waals surface area contributed by atoms with Gasteiger partial charge in [-0.05, 0) is 49.6 Å². The summed E-state index contributed by atoms with van der Waals surface area (Å²) in [5.74, 6) is -0.411. The summed E-state index contributed by atoms with van der Waals surface area (Å²) in [6, 6.07) is 13.1. The summed E-state index contributed by atoms with van der Waals surface area (Å²) >= 11 is 0. The lowest BCUT2D eigenvalue weighted by Gasteiger charge is -2.31. The van der Waals surface area contributed by atoms with Crippen LogP contribution in [0.5, 0.6) is 0 Å². The number of anilines is 1. The van der Waals surface area contributed by atoms with Crippen molar-refractivity contribution in [3.05, 3.63) is 66.1 Å². The number of hydrogen-bond acceptors (Lipinski definition) is 4. The van der Waals surface area contributed by atoms with Crippen LogP contribution in [0.3, 0.4) is 0 Å². The van der Waals surface area contributed by atoms with Crippen molar-refractivity contribution in [2.45, 2.75) is 19.8 Å². The number of aromatic amines is 1. The summed E-state index contributed by atoms with van der Waals surface area (Å²) in [5.41, 5.74) is 3.77. The van der Waals surface area contributed by atoms with E-state index in [1.807, 2.05) is 43.3 Å². The number of para-hydroxylation sites is 1. The molecule has 7 heteroatoms. The average Bonchev–Trinajstić information content (AvgIpc) is 3.26. The van der Waals surface area contributed by atoms with E-state index in [2.05, 4.69) is 20.5 Å². The van der Waals surface area contributed by atoms with E-state index in [-0.39, 0.29) is 17.7 Å². The number of rotatable bonds is 4. The number of pyridine rings is 1. The lowest BCUT2D eigenvalue weighted by atomic mass is 9.96. The van der Waals surface area contributed by atoms with Gasteiger partial charge in [-0.15, -0.1) is 0 Å². The largest absolute Gasteiger partial charge is 0.337 e. The predicted octanol–water partition coefficient (Wildman–Crippen LogP) is 3.27. The molecule has 2 amide bonds. The van der Waals surface area contributed by atoms with Gasteiger partial charge >= 0.3 is 0 Å². The Kier molecular flexibility index (Phi) is 5.37. The van der Waals surface area contributed by atoms with Gasteiger partial charge in [0.25, 0.3) is 5.91 Å². The molecule has 2 N–H and O–H groups in total. The van der Waals surface area contributed by atoms with E-state index >= 15 is 0 Å². The third-order valence-electron chi connectivity index (χ3n) is 5.25. The van der Waals surface area contributed by atoms with E-state index < -0.39 is 0 Å². The number of amides is 2. The first-order valence-corrected chi connectivity index (χ1v) is 9.73. The zero-order chi connectivity index (χ0) is 20.2. The van der Waals surface area contributed by atoms with Gasteiger partial charge in [0.15, 0.2) is 0 Å². The molecule has 3 aromatic rings. The smallest absolute Gasteiger partial charge is 0.271 e. The van der Waals surface area contributed by atoms with Crippen molar-refractivity contribution >= 4 is 17.5 Å². The van der Waals surface area contributed by atoms with Crippen molar-refractivity contribution < 1.29 is 9.59 Å². The maximum Gasteiger partial charge on any atom is 0.271 e. The number of benzene rings is 1. The summed E-state index contributed by atoms with van der Waals surface area (Å²) in [6.07, 6.45) is 4.96. The fourth-order valence-corrected chi connectivity index (χ4v) is 3.59. The zero-order valence-corrected chi connectivity index (χ0v) is 16.3. The molecule has 0 radical (unpaired) electrons. The van der Waals surface area contributed by atoms with Crippen LogP contribution in [0.1, 0.15) is 28.9 Å². The number of hydrogen-bond donors (Lipinski definition) is 2. The molecule has 1 aliphatic rings. The lowest BCUT2D eigenvalue weighted by Crippen LogP contribution is -2.44. The van der Waals surface area contributed by atoms with Crippen molar-refractivity contribution in [1.82, 2.24) is 20.1 Å². The monoisotopic (exact) mass is 389 g/mol. The molecule has 3 heterocycles. The summed E-state index contributed by atoms with van der Waals surface area (Å²) in [6.45, 7) is 3.00. The summed E-state index contributed by atoms with van der Waals surface area (Å²) in [7, 11) is 0. The Bertz CT molecular complexity index is 1010. The van der Waals surface area contributed by atoms with Crippen LogP contribution < -0.4 is 5.32 Å². The van der Waals surface area contributed by atoms with Gasteiger partial charge in [0.05, 0.1) is 11.6 Å². The number of carbonyl (C=O) groups is 2. The van der Waals surface area contributed by atoms with E-state index in [0.717, 1.165) is 29.7 Å². The fraction of sp³-hybridized carbons (Fsp3) is 0.273. The first-order valence-electron chi connectivity index (χ1n) is 9.73. The van der Waals surface area contributed by atoms with Crippen molar-refractivity contribution in [2.24, 2.45) is 5.92 Å². The van der Waals surface area contributed by atoms with Gasteiger partial charge in [-0.3, -0.25) is 19.7 Å². The van der Waals surface area contributed by atoms with Gasteiger partial charge in [-0.25, -0.2) is 0 Å². The number of aromatic nitrogens is 3. The number of nitrogens with one attached hydrogen (secondary N) is 2. The van der Waals surface area contributed by atoms with Crippen LogP contribution in [-0.4, -0.2) is 45.0 Å². The third kappa shape index (κ3) is 4.18. The SMILES string of the molecule is Cc1ccccc1NC(=O)C1CCCN(C(=O)c2cc(-c3cccnc3)n[nH]2)C1. The number of carbonyl (C=O) groups excluding carboxylic acids is 2. The molecule has 0 bridgehead atoms. The standard InChI is InChI=1S/C22H23N5O2/c1-15-6-2-3-9-18(15)24-21(28)17-8-5-11-27(14-17)22(29)20-12-19(25-26-20)16-7-4-10-23-13-16/h2-4,6-7,9-10,12-13,17H,5,8,11,14H2,1H3,(H,24,28)(H,25,26). The van der Waals surface area contributed by atoms with Crippen LogP contribution in [-0.2, 0) is 4.79 Å². The van der Waals surface area contributed by atoms with E-state index in [0.29, 0.717) is 24.5 Å². The van der Waals surface area contributed by atoms with Gasteiger partial charge in [0.2, 0.25) is 5.91 Å². The van der Waals surface area contributed by atoms with Crippen LogP contribution in [0, 0.1) is 12.8 Å². The minimum absolute atomic E-state index is 0.0440. The molecule has 7 nitrogen and oxygen atoms in total. The Morgan fingerprint density at radius 3 is 2.86 bits per heavy atom. The molecular formula is C22H23N5O2. The minimum Gasteiger partial charge on any atom is -0.337 e. The summed E-state index contributed by atoms with van der Waals surface area (Å²) in [4.78, 5) is 31.5. The Morgan fingerprint density at radius 2 is 2.07 bits per heavy atom. The number of piperidine rings is 1. The molecule has 1 aromatic carbocycles. The molecule has 0 spiro atoms. The number of H-pyrrole nitrogens is 1. The van der Waals surface area contributed by atoms with E-state index in [1.54, 1.807) is 23.4 Å². The van der Waals surface area contributed by atoms with E-state index in [1.165, 1.54) is 0 Å². The second-order valence-electron chi connectivity index (χ2n) is 7.30. The van der Waals surface area contributed by atoms with Gasteiger partial charge in [-0.1, -0.05) is 18.2 Å². The summed E-state index contributed by atoms with van der Waals surface area (Å²) < 4.78 is 0. The highest BCUT2D eigenvalue weighted by Crippen LogP contribution is 2.23. The average molecular weight is 389 g/mol. The van der Waals surface area contributed by atoms with Crippen molar-refractivity contribution in [3.63, 3.8) is 0 Å². The normalized spacial score (nSPS) is 16.4. The topological polar surface area (TPSA) is 91.0 Å². The Morgan fingerprint density at radius 1 is 1.21 bits per heavy atom. The van der Waals surface area contributed by atoms with Gasteiger partial charge in [0, 0.05) is 36.7 Å². The molecule has 1 saturated heterocycles. The Hall–Kier alpha value is -3.48. The van der Waals surface area contributed by atoms with Crippen LogP contribution in [0.4, 0.5) is 5.69 Å². The van der Waals surface area contributed by atoms with Crippen LogP contribution >= 0.6 is 0 Å². The van der Waals surface area contributed by atoms with Crippen LogP contribution in [0.25, 0.3) is 11.3 Å². The second kappa shape index (κ2) is 8.26. The quantitative estimate of drug-likeness (QED) is 0.716. The zero-order valence-electron chi connectivity index (χ0n) is 16.3. The van der Waals surface area contributed by atoms with Gasteiger partial charge in [0.1, 0.15) is 5.69 Å². The third-order valence-corrected chi connectivity index (χ3v) is 5.25. The maximum atomic E-state index is 12.9. The van der Waals surface area contributed by atoms with E-state index in [4.69, 9.17) is 0 Å². The van der Waals surface area contributed by atoms with Gasteiger partial charge < -0.3 is 10.2 Å². The lowest BCUT2D eigenvalue weighted by molar-refractivity contribution is -0.121. The molecule has 4 rings (SSSR count). The fourth-order valence-electron chi connectivity index (χ4n) is 3.59. The van der Waals surface area contributed by atoms with Crippen LogP contribution in [0.15, 0.2) is 54.9 Å². The van der Waals surface area contributed by atoms with Gasteiger partial charge in [-0.2, -0.15) is 5.10 Å². The maximum absolute atomic E-state index is 12.9. The molecule has 1 fully saturated rings. The van der Waals surface area contributed by atoms with Crippen molar-refractivity contribution in [2.75, 3.05) is 18.4 Å². The molecule has 1 atom stereocenters. The number of nitrogens with zero attached hydrogens (tertiary/aromatic N) is 3. The molecular weight excluding hydrogens is 366 g/mol. The second-order valence-corrected chi connectivity index (χ2v) is 7.30.